The fraction of sp³-hybridized carbons (Fsp3) is 0. The highest BCUT2D eigenvalue weighted by Crippen LogP contribution is 2.38. The van der Waals surface area contributed by atoms with E-state index in [-0.39, 0.29) is 11.1 Å². The fourth-order valence-corrected chi connectivity index (χ4v) is 2.59. The number of fused-ring (bicyclic) bond motifs is 2. The molecule has 0 aliphatic carbocycles. The molecule has 94 valence electrons. The van der Waals surface area contributed by atoms with E-state index in [1.165, 1.54) is 12.1 Å². The van der Waals surface area contributed by atoms with Gasteiger partial charge in [-0.2, -0.15) is 0 Å². The van der Waals surface area contributed by atoms with Crippen molar-refractivity contribution in [3.8, 4) is 0 Å². The first-order valence-electron chi connectivity index (χ1n) is 5.40. The minimum atomic E-state index is -0.485. The Morgan fingerprint density at radius 2 is 1.84 bits per heavy atom. The van der Waals surface area contributed by atoms with Crippen molar-refractivity contribution in [2.24, 2.45) is 0 Å². The van der Waals surface area contributed by atoms with Gasteiger partial charge >= 0.3 is 0 Å². The van der Waals surface area contributed by atoms with E-state index < -0.39 is 4.92 Å². The molecule has 0 aliphatic heterocycles. The number of non-ortho nitro benzene ring substituents is 1. The van der Waals surface area contributed by atoms with E-state index in [4.69, 9.17) is 23.2 Å². The summed E-state index contributed by atoms with van der Waals surface area (Å²) < 4.78 is 0. The molecular weight excluding hydrogens is 287 g/mol. The van der Waals surface area contributed by atoms with Crippen LogP contribution < -0.4 is 0 Å². The molecule has 0 radical (unpaired) electrons. The van der Waals surface area contributed by atoms with Crippen molar-refractivity contribution < 1.29 is 4.92 Å². The first-order valence-corrected chi connectivity index (χ1v) is 6.16. The summed E-state index contributed by atoms with van der Waals surface area (Å²) in [5.74, 6) is 0. The number of halogens is 2. The highest BCUT2D eigenvalue weighted by Gasteiger charge is 2.19. The monoisotopic (exact) mass is 292 g/mol. The van der Waals surface area contributed by atoms with Crippen molar-refractivity contribution >= 4 is 50.7 Å². The van der Waals surface area contributed by atoms with Crippen molar-refractivity contribution in [2.45, 2.75) is 0 Å². The van der Waals surface area contributed by atoms with E-state index in [1.807, 2.05) is 6.07 Å². The number of hydrogen-bond acceptors (Lipinski definition) is 3. The maximum atomic E-state index is 11.1. The van der Waals surface area contributed by atoms with Crippen molar-refractivity contribution in [1.29, 1.82) is 0 Å². The Morgan fingerprint density at radius 1 is 1.11 bits per heavy atom. The van der Waals surface area contributed by atoms with Gasteiger partial charge in [0, 0.05) is 11.5 Å². The van der Waals surface area contributed by atoms with E-state index >= 15 is 0 Å². The van der Waals surface area contributed by atoms with Gasteiger partial charge in [0.05, 0.1) is 31.4 Å². The van der Waals surface area contributed by atoms with E-state index in [0.29, 0.717) is 26.5 Å². The molecule has 6 heteroatoms. The van der Waals surface area contributed by atoms with E-state index in [2.05, 4.69) is 4.98 Å². The molecule has 1 heterocycles. The molecule has 0 spiro atoms. The van der Waals surface area contributed by atoms with Gasteiger partial charge in [0.25, 0.3) is 5.69 Å². The number of nitro benzene ring substituents is 1. The molecule has 0 bridgehead atoms. The molecule has 0 N–H and O–H groups in total. The third-order valence-corrected chi connectivity index (χ3v) is 3.59. The first kappa shape index (κ1) is 12.1. The predicted molar refractivity (Wildman–Crippen MR) is 75.9 cm³/mol. The van der Waals surface area contributed by atoms with Crippen LogP contribution in [-0.2, 0) is 0 Å². The smallest absolute Gasteiger partial charge is 0.258 e. The summed E-state index contributed by atoms with van der Waals surface area (Å²) in [6, 6.07) is 9.98. The van der Waals surface area contributed by atoms with Crippen LogP contribution in [0.5, 0.6) is 0 Å². The standard InChI is InChI=1S/C13H6Cl2N2O2/c14-8-5-6-10(17(18)19)11-12(15)7-3-1-2-4-9(7)16-13(8)11/h1-6H. The molecule has 4 nitrogen and oxygen atoms in total. The van der Waals surface area contributed by atoms with Crippen molar-refractivity contribution in [3.05, 3.63) is 56.6 Å². The largest absolute Gasteiger partial charge is 0.280 e. The normalized spacial score (nSPS) is 11.1. The molecule has 0 unspecified atom stereocenters. The summed E-state index contributed by atoms with van der Waals surface area (Å²) in [5.41, 5.74) is 0.907. The molecular formula is C13H6Cl2N2O2. The van der Waals surface area contributed by atoms with Gasteiger partial charge in [0.2, 0.25) is 0 Å². The Hall–Kier alpha value is -1.91. The zero-order chi connectivity index (χ0) is 13.6. The van der Waals surface area contributed by atoms with Crippen molar-refractivity contribution in [2.75, 3.05) is 0 Å². The molecule has 0 saturated carbocycles. The van der Waals surface area contributed by atoms with Gasteiger partial charge in [-0.05, 0) is 12.1 Å². The van der Waals surface area contributed by atoms with Gasteiger partial charge in [-0.15, -0.1) is 0 Å². The molecule has 3 rings (SSSR count). The Bertz CT molecular complexity index is 834. The molecule has 0 saturated heterocycles. The topological polar surface area (TPSA) is 56.0 Å². The lowest BCUT2D eigenvalue weighted by atomic mass is 10.1. The Labute approximate surface area is 117 Å². The number of pyridine rings is 1. The summed E-state index contributed by atoms with van der Waals surface area (Å²) in [6.07, 6.45) is 0. The van der Waals surface area contributed by atoms with Gasteiger partial charge in [0.15, 0.2) is 0 Å². The lowest BCUT2D eigenvalue weighted by Crippen LogP contribution is -1.93. The van der Waals surface area contributed by atoms with Crippen LogP contribution in [0.1, 0.15) is 0 Å². The molecule has 0 atom stereocenters. The van der Waals surface area contributed by atoms with Gasteiger partial charge in [-0.1, -0.05) is 41.4 Å². The Morgan fingerprint density at radius 3 is 2.58 bits per heavy atom. The average molecular weight is 293 g/mol. The number of rotatable bonds is 1. The maximum Gasteiger partial charge on any atom is 0.280 e. The summed E-state index contributed by atoms with van der Waals surface area (Å²) >= 11 is 12.4. The molecule has 3 aromatic rings. The lowest BCUT2D eigenvalue weighted by Gasteiger charge is -2.07. The Kier molecular flexibility index (Phi) is 2.77. The summed E-state index contributed by atoms with van der Waals surface area (Å²) in [6.45, 7) is 0. The molecule has 0 aliphatic rings. The van der Waals surface area contributed by atoms with E-state index in [0.717, 1.165) is 0 Å². The lowest BCUT2D eigenvalue weighted by molar-refractivity contribution is -0.383. The third kappa shape index (κ3) is 1.80. The summed E-state index contributed by atoms with van der Waals surface area (Å²) in [7, 11) is 0. The van der Waals surface area contributed by atoms with Crippen LogP contribution in [0.15, 0.2) is 36.4 Å². The predicted octanol–water partition coefficient (Wildman–Crippen LogP) is 4.60. The third-order valence-electron chi connectivity index (χ3n) is 2.90. The van der Waals surface area contributed by atoms with Crippen LogP contribution in [0.2, 0.25) is 10.0 Å². The molecule has 1 aromatic heterocycles. The number of aromatic nitrogens is 1. The minimum absolute atomic E-state index is 0.0948. The second-order valence-corrected chi connectivity index (χ2v) is 4.78. The average Bonchev–Trinajstić information content (AvgIpc) is 2.40. The number of para-hydroxylation sites is 1. The van der Waals surface area contributed by atoms with Crippen LogP contribution in [0, 0.1) is 10.1 Å². The highest BCUT2D eigenvalue weighted by atomic mass is 35.5. The highest BCUT2D eigenvalue weighted by molar-refractivity contribution is 6.43. The van der Waals surface area contributed by atoms with Crippen LogP contribution >= 0.6 is 23.2 Å². The number of nitrogens with zero attached hydrogens (tertiary/aromatic N) is 2. The number of benzene rings is 2. The number of hydrogen-bond donors (Lipinski definition) is 0. The Balaban J connectivity index is 2.61. The minimum Gasteiger partial charge on any atom is -0.258 e. The summed E-state index contributed by atoms with van der Waals surface area (Å²) in [4.78, 5) is 15.0. The van der Waals surface area contributed by atoms with Crippen molar-refractivity contribution in [3.63, 3.8) is 0 Å². The van der Waals surface area contributed by atoms with Crippen molar-refractivity contribution in [1.82, 2.24) is 4.98 Å². The van der Waals surface area contributed by atoms with E-state index in [1.54, 1.807) is 18.2 Å². The van der Waals surface area contributed by atoms with E-state index in [9.17, 15) is 10.1 Å². The molecule has 0 amide bonds. The molecule has 0 fully saturated rings. The SMILES string of the molecule is O=[N+]([O-])c1ccc(Cl)c2nc3ccccc3c(Cl)c12. The van der Waals surface area contributed by atoms with Gasteiger partial charge in [-0.25, -0.2) is 4.98 Å². The number of nitro groups is 1. The first-order chi connectivity index (χ1) is 9.09. The van der Waals surface area contributed by atoms with Gasteiger partial charge < -0.3 is 0 Å². The quantitative estimate of drug-likeness (QED) is 0.374. The summed E-state index contributed by atoms with van der Waals surface area (Å²) in [5, 5.41) is 12.7. The van der Waals surface area contributed by atoms with Gasteiger partial charge in [0.1, 0.15) is 0 Å². The van der Waals surface area contributed by atoms with Crippen LogP contribution in [0.3, 0.4) is 0 Å². The van der Waals surface area contributed by atoms with Gasteiger partial charge in [-0.3, -0.25) is 10.1 Å². The van der Waals surface area contributed by atoms with Crippen LogP contribution in [0.4, 0.5) is 5.69 Å². The zero-order valence-corrected chi connectivity index (χ0v) is 10.9. The molecule has 19 heavy (non-hydrogen) atoms. The molecule has 2 aromatic carbocycles. The van der Waals surface area contributed by atoms with Crippen LogP contribution in [0.25, 0.3) is 21.8 Å². The maximum absolute atomic E-state index is 11.1. The van der Waals surface area contributed by atoms with Crippen LogP contribution in [-0.4, -0.2) is 9.91 Å². The zero-order valence-electron chi connectivity index (χ0n) is 9.43. The second-order valence-electron chi connectivity index (χ2n) is 3.99. The fourth-order valence-electron chi connectivity index (χ4n) is 2.04. The second kappa shape index (κ2) is 4.33.